The highest BCUT2D eigenvalue weighted by Crippen LogP contribution is 2.42. The lowest BCUT2D eigenvalue weighted by molar-refractivity contribution is 0.364. The Morgan fingerprint density at radius 3 is 1.60 bits per heavy atom. The van der Waals surface area contributed by atoms with Crippen molar-refractivity contribution in [2.45, 2.75) is 82.3 Å². The minimum Gasteiger partial charge on any atom is -0.251 e. The summed E-state index contributed by atoms with van der Waals surface area (Å²) in [4.78, 5) is 0. The van der Waals surface area contributed by atoms with Crippen molar-refractivity contribution >= 4 is 35.9 Å². The molecule has 0 rings (SSSR count). The molecular formula is C15H37FSi4. The van der Waals surface area contributed by atoms with Crippen LogP contribution < -0.4 is 0 Å². The second-order valence-electron chi connectivity index (χ2n) is 7.84. The molecule has 0 N–H and O–H groups in total. The van der Waals surface area contributed by atoms with Crippen LogP contribution in [0.5, 0.6) is 0 Å². The summed E-state index contributed by atoms with van der Waals surface area (Å²) >= 11 is 0. The zero-order chi connectivity index (χ0) is 15.6. The molecule has 0 bridgehead atoms. The van der Waals surface area contributed by atoms with E-state index in [1.807, 2.05) is 0 Å². The topological polar surface area (TPSA) is 0 Å². The first kappa shape index (κ1) is 20.8. The van der Waals surface area contributed by atoms with Crippen molar-refractivity contribution in [3.63, 3.8) is 0 Å². The maximum Gasteiger partial charge on any atom is 0.0867 e. The molecule has 0 aliphatic rings. The number of rotatable bonds is 12. The maximum absolute atomic E-state index is 12.2. The predicted octanol–water partition coefficient (Wildman–Crippen LogP) is 4.72. The lowest BCUT2D eigenvalue weighted by Gasteiger charge is -2.38. The zero-order valence-corrected chi connectivity index (χ0v) is 19.2. The SMILES string of the molecule is C[SiH](C)CC(CCC[Si]CCF)(C[SiH](C)C)C[SiH](C)C. The van der Waals surface area contributed by atoms with Crippen molar-refractivity contribution < 1.29 is 4.39 Å². The lowest BCUT2D eigenvalue weighted by Crippen LogP contribution is -2.32. The molecule has 0 heterocycles. The largest absolute Gasteiger partial charge is 0.251 e. The third kappa shape index (κ3) is 10.5. The first-order valence-corrected chi connectivity index (χ1v) is 19.4. The Kier molecular flexibility index (Phi) is 11.8. The van der Waals surface area contributed by atoms with Gasteiger partial charge in [0.05, 0.1) is 6.67 Å². The van der Waals surface area contributed by atoms with Crippen molar-refractivity contribution in [1.29, 1.82) is 0 Å². The molecule has 0 amide bonds. The highest BCUT2D eigenvalue weighted by molar-refractivity contribution is 6.59. The van der Waals surface area contributed by atoms with Crippen LogP contribution in [-0.2, 0) is 0 Å². The summed E-state index contributed by atoms with van der Waals surface area (Å²) < 4.78 is 12.2. The van der Waals surface area contributed by atoms with Gasteiger partial charge in [0.1, 0.15) is 0 Å². The van der Waals surface area contributed by atoms with Crippen molar-refractivity contribution in [3.05, 3.63) is 0 Å². The van der Waals surface area contributed by atoms with Crippen LogP contribution >= 0.6 is 0 Å². The van der Waals surface area contributed by atoms with Crippen LogP contribution in [0.2, 0.25) is 69.5 Å². The maximum atomic E-state index is 12.2. The monoisotopic (exact) mass is 348 g/mol. The van der Waals surface area contributed by atoms with Gasteiger partial charge in [-0.2, -0.15) is 0 Å². The molecule has 0 aromatic carbocycles. The van der Waals surface area contributed by atoms with E-state index >= 15 is 0 Å². The smallest absolute Gasteiger partial charge is 0.0867 e. The highest BCUT2D eigenvalue weighted by Gasteiger charge is 2.32. The van der Waals surface area contributed by atoms with Gasteiger partial charge >= 0.3 is 0 Å². The molecule has 0 aromatic rings. The Bertz CT molecular complexity index is 205. The minimum atomic E-state index is -0.491. The third-order valence-electron chi connectivity index (χ3n) is 3.86. The molecule has 0 saturated heterocycles. The predicted molar refractivity (Wildman–Crippen MR) is 104 cm³/mol. The first-order valence-electron chi connectivity index (χ1n) is 8.58. The molecule has 120 valence electrons. The number of halogens is 1. The summed E-state index contributed by atoms with van der Waals surface area (Å²) in [5, 5.41) is 0. The lowest BCUT2D eigenvalue weighted by atomic mass is 9.89. The molecule has 0 spiro atoms. The zero-order valence-electron chi connectivity index (χ0n) is 14.8. The van der Waals surface area contributed by atoms with E-state index < -0.39 is 26.4 Å². The van der Waals surface area contributed by atoms with E-state index in [0.29, 0.717) is 5.41 Å². The van der Waals surface area contributed by atoms with Gasteiger partial charge in [-0.3, -0.25) is 4.39 Å². The van der Waals surface area contributed by atoms with Gasteiger partial charge < -0.3 is 0 Å². The Morgan fingerprint density at radius 2 is 1.25 bits per heavy atom. The van der Waals surface area contributed by atoms with Gasteiger partial charge in [-0.05, 0) is 17.9 Å². The fourth-order valence-electron chi connectivity index (χ4n) is 3.93. The second-order valence-corrected chi connectivity index (χ2v) is 18.9. The van der Waals surface area contributed by atoms with Gasteiger partial charge in [0.25, 0.3) is 0 Å². The van der Waals surface area contributed by atoms with Gasteiger partial charge in [-0.1, -0.05) is 69.9 Å². The van der Waals surface area contributed by atoms with Crippen LogP contribution in [0.1, 0.15) is 12.8 Å². The Balaban J connectivity index is 4.60. The van der Waals surface area contributed by atoms with Crippen LogP contribution in [0.4, 0.5) is 4.39 Å². The quantitative estimate of drug-likeness (QED) is 0.353. The van der Waals surface area contributed by atoms with E-state index in [2.05, 4.69) is 39.3 Å². The van der Waals surface area contributed by atoms with Crippen molar-refractivity contribution in [1.82, 2.24) is 0 Å². The van der Waals surface area contributed by atoms with Gasteiger partial charge in [0.15, 0.2) is 0 Å². The average Bonchev–Trinajstić information content (AvgIpc) is 2.25. The number of hydrogen-bond acceptors (Lipinski definition) is 0. The second kappa shape index (κ2) is 11.4. The molecule has 0 aliphatic heterocycles. The highest BCUT2D eigenvalue weighted by atomic mass is 28.3. The Labute approximate surface area is 135 Å². The summed E-state index contributed by atoms with van der Waals surface area (Å²) in [7, 11) is -0.609. The van der Waals surface area contributed by atoms with E-state index in [9.17, 15) is 4.39 Å². The molecule has 2 radical (unpaired) electrons. The van der Waals surface area contributed by atoms with Crippen LogP contribution in [-0.4, -0.2) is 42.6 Å². The molecule has 5 heteroatoms. The molecule has 20 heavy (non-hydrogen) atoms. The Hall–Kier alpha value is 0.798. The van der Waals surface area contributed by atoms with Crippen LogP contribution in [0.3, 0.4) is 0 Å². The molecule has 0 saturated carbocycles. The van der Waals surface area contributed by atoms with E-state index in [4.69, 9.17) is 0 Å². The molecule has 0 aromatic heterocycles. The number of alkyl halides is 1. The van der Waals surface area contributed by atoms with Gasteiger partial charge in [-0.25, -0.2) is 0 Å². The third-order valence-corrected chi connectivity index (χ3v) is 10.2. The van der Waals surface area contributed by atoms with Crippen LogP contribution in [0, 0.1) is 5.41 Å². The minimum absolute atomic E-state index is 0.111. The summed E-state index contributed by atoms with van der Waals surface area (Å²) in [5.41, 5.74) is 0.710. The summed E-state index contributed by atoms with van der Waals surface area (Å²) in [5.74, 6) is 0. The average molecular weight is 349 g/mol. The van der Waals surface area contributed by atoms with Gasteiger partial charge in [-0.15, -0.1) is 0 Å². The molecule has 0 atom stereocenters. The van der Waals surface area contributed by atoms with Crippen molar-refractivity contribution in [2.24, 2.45) is 5.41 Å². The summed E-state index contributed by atoms with van der Waals surface area (Å²) in [6.45, 7) is 15.1. The first-order chi connectivity index (χ1) is 9.31. The summed E-state index contributed by atoms with van der Waals surface area (Å²) in [6, 6.07) is 6.79. The van der Waals surface area contributed by atoms with Gasteiger partial charge in [0.2, 0.25) is 0 Å². The van der Waals surface area contributed by atoms with Gasteiger partial charge in [0, 0.05) is 35.9 Å². The van der Waals surface area contributed by atoms with Crippen LogP contribution in [0.25, 0.3) is 0 Å². The molecular weight excluding hydrogens is 312 g/mol. The van der Waals surface area contributed by atoms with E-state index in [1.165, 1.54) is 18.9 Å². The molecule has 0 fully saturated rings. The van der Waals surface area contributed by atoms with Crippen LogP contribution in [0.15, 0.2) is 0 Å². The molecule has 0 nitrogen and oxygen atoms in total. The van der Waals surface area contributed by atoms with Crippen molar-refractivity contribution in [3.8, 4) is 0 Å². The van der Waals surface area contributed by atoms with E-state index in [1.54, 1.807) is 18.1 Å². The summed E-state index contributed by atoms with van der Waals surface area (Å²) in [6.07, 6.45) is 2.82. The van der Waals surface area contributed by atoms with E-state index in [0.717, 1.165) is 15.6 Å². The fraction of sp³-hybridized carbons (Fsp3) is 1.00. The standard InChI is InChI=1S/C15H37FSi4/c1-18(2)12-15(13-19(3)4,14-20(5)6)8-7-10-17-11-9-16/h18-20H,7-14H2,1-6H3. The Morgan fingerprint density at radius 1 is 0.800 bits per heavy atom. The molecule has 0 unspecified atom stereocenters. The fourth-order valence-corrected chi connectivity index (χ4v) is 12.6. The number of hydrogen-bond donors (Lipinski definition) is 0. The van der Waals surface area contributed by atoms with E-state index in [-0.39, 0.29) is 6.67 Å². The van der Waals surface area contributed by atoms with Crippen molar-refractivity contribution in [2.75, 3.05) is 6.67 Å². The molecule has 0 aliphatic carbocycles. The normalized spacial score (nSPS) is 12.9.